The average molecular weight is 379 g/mol. The number of piperazine rings is 1. The van der Waals surface area contributed by atoms with Crippen LogP contribution in [0.2, 0.25) is 5.15 Å². The van der Waals surface area contributed by atoms with Gasteiger partial charge in [0.05, 0.1) is 12.1 Å². The summed E-state index contributed by atoms with van der Waals surface area (Å²) in [5.74, 6) is 0. The highest BCUT2D eigenvalue weighted by molar-refractivity contribution is 9.10. The first-order valence-electron chi connectivity index (χ1n) is 6.13. The van der Waals surface area contributed by atoms with E-state index < -0.39 is 24.3 Å². The van der Waals surface area contributed by atoms with Gasteiger partial charge in [-0.05, 0) is 40.5 Å². The zero-order chi connectivity index (χ0) is 15.7. The molecule has 1 aromatic rings. The number of hydrogen-bond acceptors (Lipinski definition) is 3. The molecule has 1 aliphatic heterocycles. The second-order valence-corrected chi connectivity index (χ2v) is 5.88. The van der Waals surface area contributed by atoms with E-state index in [0.29, 0.717) is 10.2 Å². The van der Waals surface area contributed by atoms with E-state index in [1.807, 2.05) is 0 Å². The third-order valence-corrected chi connectivity index (χ3v) is 4.08. The highest BCUT2D eigenvalue weighted by atomic mass is 79.9. The Bertz CT molecular complexity index is 565. The molecule has 1 saturated heterocycles. The normalized spacial score (nSPS) is 22.2. The molecular weight excluding hydrogens is 366 g/mol. The van der Waals surface area contributed by atoms with Gasteiger partial charge in [0.1, 0.15) is 9.76 Å². The van der Waals surface area contributed by atoms with Crippen LogP contribution < -0.4 is 0 Å². The number of aromatic nitrogens is 1. The molecule has 2 rings (SSSR count). The molecule has 1 fully saturated rings. The number of amides is 2. The second-order valence-electron chi connectivity index (χ2n) is 4.68. The molecule has 114 valence electrons. The largest absolute Gasteiger partial charge is 0.465 e. The zero-order valence-electron chi connectivity index (χ0n) is 11.0. The van der Waals surface area contributed by atoms with E-state index in [1.54, 1.807) is 19.1 Å². The Labute approximate surface area is 134 Å². The second kappa shape index (κ2) is 6.07. The molecule has 0 aromatic carbocycles. The maximum absolute atomic E-state index is 11.4. The molecule has 0 radical (unpaired) electrons. The Kier molecular flexibility index (Phi) is 4.58. The summed E-state index contributed by atoms with van der Waals surface area (Å²) < 4.78 is 0.468. The summed E-state index contributed by atoms with van der Waals surface area (Å²) in [6.45, 7) is 1.92. The first-order chi connectivity index (χ1) is 9.81. The number of carboxylic acid groups (broad SMARTS) is 2. The van der Waals surface area contributed by atoms with Crippen molar-refractivity contribution in [3.8, 4) is 0 Å². The maximum Gasteiger partial charge on any atom is 0.407 e. The molecule has 0 bridgehead atoms. The summed E-state index contributed by atoms with van der Waals surface area (Å²) in [6.07, 6.45) is -2.17. The number of hydrogen-bond donors (Lipinski definition) is 2. The zero-order valence-corrected chi connectivity index (χ0v) is 13.4. The third kappa shape index (κ3) is 3.21. The lowest BCUT2D eigenvalue weighted by atomic mass is 9.96. The van der Waals surface area contributed by atoms with Crippen molar-refractivity contribution in [2.75, 3.05) is 13.1 Å². The molecule has 2 amide bonds. The minimum atomic E-state index is -1.10. The molecule has 2 atom stereocenters. The van der Waals surface area contributed by atoms with E-state index in [2.05, 4.69) is 20.9 Å². The smallest absolute Gasteiger partial charge is 0.407 e. The summed E-state index contributed by atoms with van der Waals surface area (Å²) >= 11 is 9.12. The van der Waals surface area contributed by atoms with Gasteiger partial charge < -0.3 is 15.1 Å². The van der Waals surface area contributed by atoms with Crippen molar-refractivity contribution in [3.05, 3.63) is 27.5 Å². The molecule has 1 aromatic heterocycles. The number of rotatable bonds is 1. The Morgan fingerprint density at radius 2 is 1.86 bits per heavy atom. The van der Waals surface area contributed by atoms with Gasteiger partial charge in [0.15, 0.2) is 0 Å². The molecule has 0 aliphatic carbocycles. The molecule has 2 N–H and O–H groups in total. The van der Waals surface area contributed by atoms with Crippen LogP contribution in [-0.2, 0) is 0 Å². The predicted octanol–water partition coefficient (Wildman–Crippen LogP) is 2.90. The van der Waals surface area contributed by atoms with E-state index in [0.717, 1.165) is 0 Å². The molecule has 1 aliphatic rings. The van der Waals surface area contributed by atoms with Gasteiger partial charge >= 0.3 is 12.2 Å². The molecule has 9 heteroatoms. The van der Waals surface area contributed by atoms with Crippen LogP contribution in [0.5, 0.6) is 0 Å². The fraction of sp³-hybridized carbons (Fsp3) is 0.417. The lowest BCUT2D eigenvalue weighted by Gasteiger charge is -2.44. The van der Waals surface area contributed by atoms with Crippen molar-refractivity contribution in [2.45, 2.75) is 19.0 Å². The topological polar surface area (TPSA) is 94.0 Å². The number of carbonyl (C=O) groups is 2. The van der Waals surface area contributed by atoms with Gasteiger partial charge in [0.2, 0.25) is 0 Å². The fourth-order valence-electron chi connectivity index (χ4n) is 2.59. The van der Waals surface area contributed by atoms with Crippen molar-refractivity contribution in [1.82, 2.24) is 14.8 Å². The van der Waals surface area contributed by atoms with Crippen LogP contribution in [0.1, 0.15) is 18.5 Å². The summed E-state index contributed by atoms with van der Waals surface area (Å²) in [4.78, 5) is 29.1. The average Bonchev–Trinajstić information content (AvgIpc) is 2.36. The lowest BCUT2D eigenvalue weighted by Crippen LogP contribution is -2.56. The minimum absolute atomic E-state index is 0.105. The van der Waals surface area contributed by atoms with E-state index in [-0.39, 0.29) is 18.2 Å². The van der Waals surface area contributed by atoms with E-state index in [1.165, 1.54) is 9.80 Å². The van der Waals surface area contributed by atoms with Crippen LogP contribution in [0.15, 0.2) is 16.7 Å². The quantitative estimate of drug-likeness (QED) is 0.733. The summed E-state index contributed by atoms with van der Waals surface area (Å²) in [5, 5.41) is 18.8. The van der Waals surface area contributed by atoms with Gasteiger partial charge in [-0.2, -0.15) is 0 Å². The molecule has 2 heterocycles. The monoisotopic (exact) mass is 377 g/mol. The molecule has 7 nitrogen and oxygen atoms in total. The first-order valence-corrected chi connectivity index (χ1v) is 7.30. The van der Waals surface area contributed by atoms with Gasteiger partial charge in [-0.3, -0.25) is 4.90 Å². The lowest BCUT2D eigenvalue weighted by molar-refractivity contribution is 0.0323. The Balaban J connectivity index is 2.46. The van der Waals surface area contributed by atoms with E-state index in [9.17, 15) is 19.8 Å². The van der Waals surface area contributed by atoms with E-state index in [4.69, 9.17) is 11.6 Å². The van der Waals surface area contributed by atoms with Crippen molar-refractivity contribution in [3.63, 3.8) is 0 Å². The summed E-state index contributed by atoms with van der Waals surface area (Å²) in [7, 11) is 0. The number of pyridine rings is 1. The summed E-state index contributed by atoms with van der Waals surface area (Å²) in [5.41, 5.74) is 0.600. The molecule has 0 spiro atoms. The van der Waals surface area contributed by atoms with Gasteiger partial charge in [0, 0.05) is 13.1 Å². The summed E-state index contributed by atoms with van der Waals surface area (Å²) in [6, 6.07) is 2.03. The van der Waals surface area contributed by atoms with Gasteiger partial charge in [-0.1, -0.05) is 11.6 Å². The Morgan fingerprint density at radius 1 is 1.29 bits per heavy atom. The van der Waals surface area contributed by atoms with Crippen LogP contribution in [0.25, 0.3) is 0 Å². The Hall–Kier alpha value is -1.54. The van der Waals surface area contributed by atoms with Crippen molar-refractivity contribution >= 4 is 39.7 Å². The fourth-order valence-corrected chi connectivity index (χ4v) is 3.36. The number of halogens is 2. The SMILES string of the molecule is CC1C(c2cc(Cl)nc(Br)c2)N(C(=O)O)CCN1C(=O)O. The standard InChI is InChI=1S/C12H13BrClN3O4/c1-6-10(7-4-8(13)15-9(14)5-7)17(12(20)21)3-2-16(6)11(18)19/h4-6,10H,2-3H2,1H3,(H,18,19)(H,20,21). The van der Waals surface area contributed by atoms with Crippen molar-refractivity contribution in [2.24, 2.45) is 0 Å². The van der Waals surface area contributed by atoms with Crippen LogP contribution in [0.4, 0.5) is 9.59 Å². The molecular formula is C12H13BrClN3O4. The van der Waals surface area contributed by atoms with Crippen molar-refractivity contribution < 1.29 is 19.8 Å². The van der Waals surface area contributed by atoms with Crippen LogP contribution in [-0.4, -0.2) is 56.3 Å². The highest BCUT2D eigenvalue weighted by Crippen LogP contribution is 2.33. The van der Waals surface area contributed by atoms with Crippen LogP contribution >= 0.6 is 27.5 Å². The van der Waals surface area contributed by atoms with Gasteiger partial charge in [-0.25, -0.2) is 14.6 Å². The van der Waals surface area contributed by atoms with Crippen LogP contribution in [0.3, 0.4) is 0 Å². The molecule has 21 heavy (non-hydrogen) atoms. The maximum atomic E-state index is 11.4. The first kappa shape index (κ1) is 15.8. The molecule has 2 unspecified atom stereocenters. The predicted molar refractivity (Wildman–Crippen MR) is 78.6 cm³/mol. The van der Waals surface area contributed by atoms with E-state index >= 15 is 0 Å². The van der Waals surface area contributed by atoms with Crippen molar-refractivity contribution in [1.29, 1.82) is 0 Å². The van der Waals surface area contributed by atoms with Gasteiger partial charge in [-0.15, -0.1) is 0 Å². The highest BCUT2D eigenvalue weighted by Gasteiger charge is 2.39. The van der Waals surface area contributed by atoms with Gasteiger partial charge in [0.25, 0.3) is 0 Å². The minimum Gasteiger partial charge on any atom is -0.465 e. The molecule has 0 saturated carbocycles. The third-order valence-electron chi connectivity index (χ3n) is 3.48. The Morgan fingerprint density at radius 3 is 2.38 bits per heavy atom. The number of nitrogens with zero attached hydrogens (tertiary/aromatic N) is 3. The van der Waals surface area contributed by atoms with Crippen LogP contribution in [0, 0.1) is 0 Å².